The van der Waals surface area contributed by atoms with E-state index in [2.05, 4.69) is 20.5 Å². The predicted octanol–water partition coefficient (Wildman–Crippen LogP) is -0.0975. The van der Waals surface area contributed by atoms with Gasteiger partial charge in [-0.2, -0.15) is 0 Å². The quantitative estimate of drug-likeness (QED) is 0.613. The van der Waals surface area contributed by atoms with Crippen molar-refractivity contribution >= 4 is 11.8 Å². The van der Waals surface area contributed by atoms with E-state index in [-0.39, 0.29) is 18.4 Å². The molecule has 1 saturated heterocycles. The fourth-order valence-corrected chi connectivity index (χ4v) is 3.18. The van der Waals surface area contributed by atoms with Gasteiger partial charge in [0.1, 0.15) is 12.9 Å². The zero-order valence-corrected chi connectivity index (χ0v) is 15.3. The molecule has 0 bridgehead atoms. The van der Waals surface area contributed by atoms with Crippen LogP contribution in [0.4, 0.5) is 0 Å². The van der Waals surface area contributed by atoms with E-state index in [0.717, 1.165) is 12.1 Å². The smallest absolute Gasteiger partial charge is 0.253 e. The Bertz CT molecular complexity index is 913. The van der Waals surface area contributed by atoms with Gasteiger partial charge in [0.2, 0.25) is 5.91 Å². The van der Waals surface area contributed by atoms with Gasteiger partial charge < -0.3 is 14.4 Å². The second-order valence-electron chi connectivity index (χ2n) is 6.61. The number of tetrazole rings is 1. The number of amides is 2. The van der Waals surface area contributed by atoms with Gasteiger partial charge in [-0.3, -0.25) is 9.59 Å². The van der Waals surface area contributed by atoms with Gasteiger partial charge in [0.15, 0.2) is 0 Å². The summed E-state index contributed by atoms with van der Waals surface area (Å²) in [7, 11) is 0. The highest BCUT2D eigenvalue weighted by Crippen LogP contribution is 2.12. The summed E-state index contributed by atoms with van der Waals surface area (Å²) in [6, 6.07) is 7.62. The molecule has 0 radical (unpaired) electrons. The summed E-state index contributed by atoms with van der Waals surface area (Å²) < 4.78 is 3.37. The third kappa shape index (κ3) is 4.05. The van der Waals surface area contributed by atoms with Gasteiger partial charge in [0, 0.05) is 50.7 Å². The van der Waals surface area contributed by atoms with E-state index in [1.807, 2.05) is 35.0 Å². The lowest BCUT2D eigenvalue weighted by atomic mass is 10.1. The van der Waals surface area contributed by atoms with E-state index in [0.29, 0.717) is 31.7 Å². The minimum atomic E-state index is -0.0525. The number of aromatic nitrogens is 6. The van der Waals surface area contributed by atoms with Gasteiger partial charge in [-0.1, -0.05) is 12.1 Å². The van der Waals surface area contributed by atoms with Crippen LogP contribution in [0.5, 0.6) is 0 Å². The van der Waals surface area contributed by atoms with Gasteiger partial charge in [-0.05, 0) is 28.1 Å². The molecule has 1 aromatic carbocycles. The fourth-order valence-electron chi connectivity index (χ4n) is 3.18. The number of piperazine rings is 1. The summed E-state index contributed by atoms with van der Waals surface area (Å²) in [4.78, 5) is 32.6. The lowest BCUT2D eigenvalue weighted by Gasteiger charge is -2.34. The Morgan fingerprint density at radius 3 is 2.36 bits per heavy atom. The second kappa shape index (κ2) is 7.99. The van der Waals surface area contributed by atoms with Crippen molar-refractivity contribution in [2.75, 3.05) is 26.2 Å². The summed E-state index contributed by atoms with van der Waals surface area (Å²) in [6.45, 7) is 2.86. The van der Waals surface area contributed by atoms with Crippen molar-refractivity contribution in [1.29, 1.82) is 0 Å². The third-order valence-corrected chi connectivity index (χ3v) is 4.73. The molecule has 10 nitrogen and oxygen atoms in total. The van der Waals surface area contributed by atoms with E-state index in [9.17, 15) is 9.59 Å². The van der Waals surface area contributed by atoms with Crippen molar-refractivity contribution in [1.82, 2.24) is 39.6 Å². The Morgan fingerprint density at radius 2 is 1.71 bits per heavy atom. The van der Waals surface area contributed by atoms with Crippen LogP contribution in [0.2, 0.25) is 0 Å². The molecule has 2 aromatic heterocycles. The highest BCUT2D eigenvalue weighted by atomic mass is 16.2. The Balaban J connectivity index is 1.30. The van der Waals surface area contributed by atoms with Crippen LogP contribution in [0.1, 0.15) is 15.9 Å². The summed E-state index contributed by atoms with van der Waals surface area (Å²) >= 11 is 0. The second-order valence-corrected chi connectivity index (χ2v) is 6.61. The number of carbonyl (C=O) groups excluding carboxylic acids is 2. The van der Waals surface area contributed by atoms with Crippen molar-refractivity contribution in [2.24, 2.45) is 0 Å². The SMILES string of the molecule is O=C(Cn1cnnn1)N1CCN(C(=O)c2ccc(Cn3ccnc3)cc2)CC1. The van der Waals surface area contributed by atoms with E-state index in [1.54, 1.807) is 22.3 Å². The zero-order chi connectivity index (χ0) is 19.3. The number of carbonyl (C=O) groups is 2. The van der Waals surface area contributed by atoms with Crippen molar-refractivity contribution in [3.63, 3.8) is 0 Å². The molecular formula is C18H20N8O2. The van der Waals surface area contributed by atoms with E-state index in [4.69, 9.17) is 0 Å². The lowest BCUT2D eigenvalue weighted by molar-refractivity contribution is -0.133. The molecule has 0 N–H and O–H groups in total. The number of imidazole rings is 1. The monoisotopic (exact) mass is 380 g/mol. The van der Waals surface area contributed by atoms with E-state index in [1.165, 1.54) is 11.0 Å². The topological polar surface area (TPSA) is 102 Å². The lowest BCUT2D eigenvalue weighted by Crippen LogP contribution is -2.51. The first kappa shape index (κ1) is 17.8. The standard InChI is InChI=1S/C18H20N8O2/c27-17(12-26-14-20-21-22-26)24-7-9-25(10-8-24)18(28)16-3-1-15(2-4-16)11-23-6-5-19-13-23/h1-6,13-14H,7-12H2. The summed E-state index contributed by atoms with van der Waals surface area (Å²) in [6.07, 6.45) is 6.82. The molecule has 4 rings (SSSR count). The van der Waals surface area contributed by atoms with Gasteiger partial charge in [-0.15, -0.1) is 5.10 Å². The largest absolute Gasteiger partial charge is 0.338 e. The number of rotatable bonds is 5. The first-order valence-corrected chi connectivity index (χ1v) is 9.01. The number of hydrogen-bond donors (Lipinski definition) is 0. The van der Waals surface area contributed by atoms with Gasteiger partial charge >= 0.3 is 0 Å². The van der Waals surface area contributed by atoms with E-state index < -0.39 is 0 Å². The molecule has 3 aromatic rings. The van der Waals surface area contributed by atoms with Crippen molar-refractivity contribution in [3.8, 4) is 0 Å². The average Bonchev–Trinajstić information content (AvgIpc) is 3.42. The molecule has 144 valence electrons. The van der Waals surface area contributed by atoms with Crippen molar-refractivity contribution in [3.05, 3.63) is 60.4 Å². The molecule has 0 aliphatic carbocycles. The Kier molecular flexibility index (Phi) is 5.09. The Morgan fingerprint density at radius 1 is 0.964 bits per heavy atom. The zero-order valence-electron chi connectivity index (χ0n) is 15.3. The van der Waals surface area contributed by atoms with Crippen LogP contribution in [0.15, 0.2) is 49.3 Å². The van der Waals surface area contributed by atoms with Crippen LogP contribution >= 0.6 is 0 Å². The van der Waals surface area contributed by atoms with Crippen molar-refractivity contribution in [2.45, 2.75) is 13.1 Å². The molecule has 0 spiro atoms. The molecule has 28 heavy (non-hydrogen) atoms. The van der Waals surface area contributed by atoms with Gasteiger partial charge in [-0.25, -0.2) is 9.67 Å². The van der Waals surface area contributed by atoms with Crippen LogP contribution < -0.4 is 0 Å². The Hall–Kier alpha value is -3.56. The molecule has 2 amide bonds. The van der Waals surface area contributed by atoms with Crippen LogP contribution in [0.25, 0.3) is 0 Å². The average molecular weight is 380 g/mol. The van der Waals surface area contributed by atoms with Crippen LogP contribution in [-0.2, 0) is 17.9 Å². The van der Waals surface area contributed by atoms with Crippen LogP contribution in [0, 0.1) is 0 Å². The molecule has 0 atom stereocenters. The molecule has 3 heterocycles. The van der Waals surface area contributed by atoms with Crippen LogP contribution in [-0.4, -0.2) is 77.6 Å². The maximum absolute atomic E-state index is 12.7. The highest BCUT2D eigenvalue weighted by Gasteiger charge is 2.25. The fraction of sp³-hybridized carbons (Fsp3) is 0.333. The molecule has 1 aliphatic rings. The maximum Gasteiger partial charge on any atom is 0.253 e. The molecule has 1 aliphatic heterocycles. The minimum absolute atomic E-state index is 0.0123. The summed E-state index contributed by atoms with van der Waals surface area (Å²) in [5, 5.41) is 10.7. The molecule has 0 saturated carbocycles. The van der Waals surface area contributed by atoms with E-state index >= 15 is 0 Å². The summed E-state index contributed by atoms with van der Waals surface area (Å²) in [5.74, 6) is -0.0648. The molecule has 10 heteroatoms. The van der Waals surface area contributed by atoms with Gasteiger partial charge in [0.05, 0.1) is 6.33 Å². The number of nitrogens with zero attached hydrogens (tertiary/aromatic N) is 8. The molecular weight excluding hydrogens is 360 g/mol. The summed E-state index contributed by atoms with van der Waals surface area (Å²) in [5.41, 5.74) is 1.76. The third-order valence-electron chi connectivity index (χ3n) is 4.73. The normalized spacial score (nSPS) is 14.3. The Labute approximate surface area is 161 Å². The van der Waals surface area contributed by atoms with Gasteiger partial charge in [0.25, 0.3) is 5.91 Å². The molecule has 1 fully saturated rings. The predicted molar refractivity (Wildman–Crippen MR) is 98.1 cm³/mol. The molecule has 0 unspecified atom stereocenters. The van der Waals surface area contributed by atoms with Crippen LogP contribution in [0.3, 0.4) is 0 Å². The maximum atomic E-state index is 12.7. The first-order valence-electron chi connectivity index (χ1n) is 9.01. The number of benzene rings is 1. The first-order chi connectivity index (χ1) is 13.7. The van der Waals surface area contributed by atoms with Crippen molar-refractivity contribution < 1.29 is 9.59 Å². The minimum Gasteiger partial charge on any atom is -0.338 e. The number of hydrogen-bond acceptors (Lipinski definition) is 6. The highest BCUT2D eigenvalue weighted by molar-refractivity contribution is 5.94.